The molecule has 2 aliphatic rings. The van der Waals surface area contributed by atoms with Gasteiger partial charge in [0.1, 0.15) is 11.9 Å². The van der Waals surface area contributed by atoms with E-state index in [9.17, 15) is 21.6 Å². The van der Waals surface area contributed by atoms with Crippen LogP contribution in [0.1, 0.15) is 25.3 Å². The number of amides is 1. The van der Waals surface area contributed by atoms with Gasteiger partial charge in [0.2, 0.25) is 15.9 Å². The maximum absolute atomic E-state index is 12.6. The Balaban J connectivity index is 1.51. The molecule has 1 fully saturated rings. The molecule has 0 radical (unpaired) electrons. The molecule has 1 amide bonds. The summed E-state index contributed by atoms with van der Waals surface area (Å²) < 4.78 is 54.0. The molecule has 0 unspecified atom stereocenters. The molecule has 1 aliphatic heterocycles. The van der Waals surface area contributed by atoms with Gasteiger partial charge in [0.05, 0.1) is 9.79 Å². The van der Waals surface area contributed by atoms with Crippen LogP contribution in [0.4, 0.5) is 5.69 Å². The van der Waals surface area contributed by atoms with E-state index in [1.165, 1.54) is 31.2 Å². The Morgan fingerprint density at radius 2 is 1.90 bits per heavy atom. The van der Waals surface area contributed by atoms with E-state index in [2.05, 4.69) is 19.8 Å². The van der Waals surface area contributed by atoms with Gasteiger partial charge in [-0.2, -0.15) is 0 Å². The summed E-state index contributed by atoms with van der Waals surface area (Å²) in [5.74, 6) is -0.408. The minimum atomic E-state index is -3.70. The molecule has 9 nitrogen and oxygen atoms in total. The van der Waals surface area contributed by atoms with Gasteiger partial charge in [-0.05, 0) is 50.1 Å². The molecule has 2 aromatic carbocycles. The normalized spacial score (nSPS) is 19.7. The van der Waals surface area contributed by atoms with Crippen LogP contribution in [-0.2, 0) is 24.8 Å². The Morgan fingerprint density at radius 1 is 1.17 bits per heavy atom. The number of hydrogen-bond acceptors (Lipinski definition) is 6. The number of carbonyl (C=O) groups is 1. The molecule has 158 valence electrons. The minimum absolute atomic E-state index is 0.0258. The van der Waals surface area contributed by atoms with Crippen molar-refractivity contribution in [1.82, 2.24) is 9.44 Å². The first-order valence-corrected chi connectivity index (χ1v) is 12.3. The fourth-order valence-electron chi connectivity index (χ4n) is 2.96. The zero-order valence-corrected chi connectivity index (χ0v) is 17.6. The highest BCUT2D eigenvalue weighted by molar-refractivity contribution is 7.90. The molecular weight excluding hydrogens is 428 g/mol. The van der Waals surface area contributed by atoms with Crippen LogP contribution in [0.5, 0.6) is 0 Å². The molecule has 30 heavy (non-hydrogen) atoms. The zero-order valence-electron chi connectivity index (χ0n) is 16.0. The molecule has 0 aromatic heterocycles. The minimum Gasteiger partial charge on any atom is -0.324 e. The summed E-state index contributed by atoms with van der Waals surface area (Å²) >= 11 is 0. The number of fused-ring (bicyclic) bond motifs is 1. The standard InChI is InChI=1S/C19H20N4O5S2/c1-12(20-18-16-7-2-3-8-17(16)30(27,28)23-18)19(24)21-14-5-4-6-15(11-14)29(25,26)22-13-9-10-13/h2-8,11-13,22H,9-10H2,1H3,(H,20,23)(H,21,24)/t12-/m0/s1. The number of nitrogens with zero attached hydrogens (tertiary/aromatic N) is 1. The lowest BCUT2D eigenvalue weighted by atomic mass is 10.2. The van der Waals surface area contributed by atoms with Crippen molar-refractivity contribution in [2.75, 3.05) is 5.32 Å². The number of amidine groups is 1. The molecule has 11 heteroatoms. The molecule has 1 aliphatic carbocycles. The van der Waals surface area contributed by atoms with Gasteiger partial charge < -0.3 is 5.32 Å². The molecule has 1 atom stereocenters. The second kappa shape index (κ2) is 7.49. The molecule has 0 spiro atoms. The van der Waals surface area contributed by atoms with E-state index in [0.29, 0.717) is 11.3 Å². The highest BCUT2D eigenvalue weighted by Gasteiger charge is 2.31. The van der Waals surface area contributed by atoms with Gasteiger partial charge in [0, 0.05) is 17.3 Å². The van der Waals surface area contributed by atoms with Crippen molar-refractivity contribution < 1.29 is 21.6 Å². The average Bonchev–Trinajstić information content (AvgIpc) is 3.46. The van der Waals surface area contributed by atoms with E-state index in [1.807, 2.05) is 0 Å². The third-order valence-corrected chi connectivity index (χ3v) is 7.59. The Hall–Kier alpha value is -2.76. The van der Waals surface area contributed by atoms with E-state index >= 15 is 0 Å². The van der Waals surface area contributed by atoms with Gasteiger partial charge in [-0.25, -0.2) is 21.6 Å². The number of benzene rings is 2. The molecule has 3 N–H and O–H groups in total. The third-order valence-electron chi connectivity index (χ3n) is 4.68. The first-order chi connectivity index (χ1) is 14.2. The molecule has 1 heterocycles. The quantitative estimate of drug-likeness (QED) is 0.610. The van der Waals surface area contributed by atoms with Crippen LogP contribution in [0.3, 0.4) is 0 Å². The van der Waals surface area contributed by atoms with E-state index in [-0.39, 0.29) is 21.7 Å². The lowest BCUT2D eigenvalue weighted by molar-refractivity contribution is -0.117. The maximum Gasteiger partial charge on any atom is 0.263 e. The number of anilines is 1. The van der Waals surface area contributed by atoms with Crippen LogP contribution in [0.15, 0.2) is 63.3 Å². The predicted molar refractivity (Wildman–Crippen MR) is 111 cm³/mol. The third kappa shape index (κ3) is 4.23. The van der Waals surface area contributed by atoms with Crippen LogP contribution in [0.25, 0.3) is 0 Å². The van der Waals surface area contributed by atoms with Crippen molar-refractivity contribution in [1.29, 1.82) is 0 Å². The summed E-state index contributed by atoms with van der Waals surface area (Å²) in [5.41, 5.74) is 0.703. The fraction of sp³-hybridized carbons (Fsp3) is 0.263. The largest absolute Gasteiger partial charge is 0.324 e. The highest BCUT2D eigenvalue weighted by Crippen LogP contribution is 2.24. The summed E-state index contributed by atoms with van der Waals surface area (Å²) in [7, 11) is -7.34. The summed E-state index contributed by atoms with van der Waals surface area (Å²) in [6, 6.07) is 11.4. The van der Waals surface area contributed by atoms with Crippen molar-refractivity contribution in [2.24, 2.45) is 4.99 Å². The van der Waals surface area contributed by atoms with Crippen molar-refractivity contribution in [3.63, 3.8) is 0 Å². The van der Waals surface area contributed by atoms with E-state index < -0.39 is 32.0 Å². The smallest absolute Gasteiger partial charge is 0.263 e. The Labute approximate surface area is 174 Å². The molecule has 1 saturated carbocycles. The van der Waals surface area contributed by atoms with Gasteiger partial charge in [0.25, 0.3) is 10.0 Å². The Morgan fingerprint density at radius 3 is 2.63 bits per heavy atom. The first kappa shape index (κ1) is 20.5. The Kier molecular flexibility index (Phi) is 5.12. The van der Waals surface area contributed by atoms with Gasteiger partial charge in [-0.3, -0.25) is 14.5 Å². The number of sulfonamides is 2. The molecule has 0 bridgehead atoms. The van der Waals surface area contributed by atoms with Crippen molar-refractivity contribution in [3.8, 4) is 0 Å². The predicted octanol–water partition coefficient (Wildman–Crippen LogP) is 1.19. The van der Waals surface area contributed by atoms with Gasteiger partial charge in [-0.1, -0.05) is 18.2 Å². The number of nitrogens with one attached hydrogen (secondary N) is 3. The average molecular weight is 449 g/mol. The number of aliphatic imine (C=N–C) groups is 1. The number of carbonyl (C=O) groups excluding carboxylic acids is 1. The second-order valence-electron chi connectivity index (χ2n) is 7.17. The monoisotopic (exact) mass is 448 g/mol. The zero-order chi connectivity index (χ0) is 21.5. The van der Waals surface area contributed by atoms with Gasteiger partial charge in [-0.15, -0.1) is 0 Å². The summed E-state index contributed by atoms with van der Waals surface area (Å²) in [6.45, 7) is 1.52. The van der Waals surface area contributed by atoms with Crippen molar-refractivity contribution >= 4 is 37.5 Å². The summed E-state index contributed by atoms with van der Waals surface area (Å²) in [6.07, 6.45) is 1.64. The topological polar surface area (TPSA) is 134 Å². The highest BCUT2D eigenvalue weighted by atomic mass is 32.2. The number of rotatable bonds is 6. The summed E-state index contributed by atoms with van der Waals surface area (Å²) in [5, 5.41) is 2.63. The Bertz CT molecular complexity index is 1250. The van der Waals surface area contributed by atoms with Crippen LogP contribution >= 0.6 is 0 Å². The maximum atomic E-state index is 12.6. The molecular formula is C19H20N4O5S2. The SMILES string of the molecule is C[C@H](N=C1NS(=O)(=O)c2ccccc21)C(=O)Nc1cccc(S(=O)(=O)NC2CC2)c1. The lowest BCUT2D eigenvalue weighted by Crippen LogP contribution is -2.29. The van der Waals surface area contributed by atoms with Crippen molar-refractivity contribution in [3.05, 3.63) is 54.1 Å². The van der Waals surface area contributed by atoms with Gasteiger partial charge in [0.15, 0.2) is 0 Å². The summed E-state index contributed by atoms with van der Waals surface area (Å²) in [4.78, 5) is 16.9. The van der Waals surface area contributed by atoms with Crippen LogP contribution in [0.2, 0.25) is 0 Å². The van der Waals surface area contributed by atoms with Crippen LogP contribution in [-0.4, -0.2) is 40.7 Å². The first-order valence-electron chi connectivity index (χ1n) is 9.29. The van der Waals surface area contributed by atoms with Gasteiger partial charge >= 0.3 is 0 Å². The molecule has 0 saturated heterocycles. The van der Waals surface area contributed by atoms with Crippen molar-refractivity contribution in [2.45, 2.75) is 41.6 Å². The molecule has 4 rings (SSSR count). The van der Waals surface area contributed by atoms with Crippen LogP contribution in [0, 0.1) is 0 Å². The van der Waals surface area contributed by atoms with E-state index in [1.54, 1.807) is 24.3 Å². The number of hydrogen-bond donors (Lipinski definition) is 3. The molecule has 2 aromatic rings. The van der Waals surface area contributed by atoms with Crippen LogP contribution < -0.4 is 14.8 Å². The fourth-order valence-corrected chi connectivity index (χ4v) is 5.55. The van der Waals surface area contributed by atoms with E-state index in [4.69, 9.17) is 0 Å². The lowest BCUT2D eigenvalue weighted by Gasteiger charge is -2.11. The second-order valence-corrected chi connectivity index (χ2v) is 10.5. The van der Waals surface area contributed by atoms with E-state index in [0.717, 1.165) is 12.8 Å².